The van der Waals surface area contributed by atoms with Gasteiger partial charge in [-0.25, -0.2) is 4.98 Å². The zero-order valence-corrected chi connectivity index (χ0v) is 15.6. The van der Waals surface area contributed by atoms with Crippen LogP contribution in [0.1, 0.15) is 43.1 Å². The standard InChI is InChI=1S/C19H26N4OS/c1-21-11-7-20-18(21)13-22-9-4-15(5-10-22)19(24)23-8-2-3-17(23)16-6-12-25-14-16/h6-7,11-12,14-15,17H,2-5,8-10,13H2,1H3/t17-/m0/s1. The number of hydrogen-bond acceptors (Lipinski definition) is 4. The van der Waals surface area contributed by atoms with E-state index in [1.807, 2.05) is 19.4 Å². The lowest BCUT2D eigenvalue weighted by Crippen LogP contribution is -2.42. The van der Waals surface area contributed by atoms with Crippen LogP contribution in [0, 0.1) is 5.92 Å². The molecule has 1 atom stereocenters. The van der Waals surface area contributed by atoms with E-state index in [4.69, 9.17) is 0 Å². The third-order valence-electron chi connectivity index (χ3n) is 5.69. The number of likely N-dealkylation sites (tertiary alicyclic amines) is 2. The summed E-state index contributed by atoms with van der Waals surface area (Å²) in [7, 11) is 2.04. The Bertz CT molecular complexity index is 703. The topological polar surface area (TPSA) is 41.4 Å². The highest BCUT2D eigenvalue weighted by molar-refractivity contribution is 7.07. The molecule has 0 saturated carbocycles. The van der Waals surface area contributed by atoms with Crippen molar-refractivity contribution in [2.45, 2.75) is 38.3 Å². The predicted octanol–water partition coefficient (Wildman–Crippen LogP) is 3.06. The fourth-order valence-electron chi connectivity index (χ4n) is 4.16. The molecule has 2 aliphatic heterocycles. The van der Waals surface area contributed by atoms with Crippen LogP contribution < -0.4 is 0 Å². The Balaban J connectivity index is 1.34. The van der Waals surface area contributed by atoms with Crippen LogP contribution in [0.25, 0.3) is 0 Å². The molecule has 5 nitrogen and oxygen atoms in total. The van der Waals surface area contributed by atoms with Gasteiger partial charge in [-0.15, -0.1) is 0 Å². The Labute approximate surface area is 153 Å². The third kappa shape index (κ3) is 3.51. The minimum atomic E-state index is 0.192. The zero-order valence-electron chi connectivity index (χ0n) is 14.8. The maximum Gasteiger partial charge on any atom is 0.226 e. The Morgan fingerprint density at radius 1 is 1.28 bits per heavy atom. The van der Waals surface area contributed by atoms with Crippen molar-refractivity contribution < 1.29 is 4.79 Å². The number of aromatic nitrogens is 2. The Morgan fingerprint density at radius 2 is 2.12 bits per heavy atom. The molecule has 0 bridgehead atoms. The highest BCUT2D eigenvalue weighted by atomic mass is 32.1. The van der Waals surface area contributed by atoms with Crippen molar-refractivity contribution in [1.82, 2.24) is 19.4 Å². The maximum absolute atomic E-state index is 13.1. The zero-order chi connectivity index (χ0) is 17.2. The largest absolute Gasteiger partial charge is 0.337 e. The molecule has 2 saturated heterocycles. The van der Waals surface area contributed by atoms with Crippen molar-refractivity contribution in [2.75, 3.05) is 19.6 Å². The lowest BCUT2D eigenvalue weighted by atomic mass is 9.94. The van der Waals surface area contributed by atoms with Gasteiger partial charge in [0.05, 0.1) is 12.6 Å². The Morgan fingerprint density at radius 3 is 2.80 bits per heavy atom. The average Bonchev–Trinajstić information content (AvgIpc) is 3.37. The van der Waals surface area contributed by atoms with Gasteiger partial charge in [0.25, 0.3) is 0 Å². The SMILES string of the molecule is Cn1ccnc1CN1CCC(C(=O)N2CCC[C@H]2c2ccsc2)CC1. The number of carbonyl (C=O) groups excluding carboxylic acids is 1. The summed E-state index contributed by atoms with van der Waals surface area (Å²) in [4.78, 5) is 22.1. The van der Waals surface area contributed by atoms with E-state index in [9.17, 15) is 4.79 Å². The molecule has 4 heterocycles. The molecule has 2 aromatic rings. The minimum absolute atomic E-state index is 0.192. The summed E-state index contributed by atoms with van der Waals surface area (Å²) < 4.78 is 2.08. The molecular formula is C19H26N4OS. The number of carbonyl (C=O) groups is 1. The van der Waals surface area contributed by atoms with Gasteiger partial charge in [-0.2, -0.15) is 11.3 Å². The summed E-state index contributed by atoms with van der Waals surface area (Å²) >= 11 is 1.73. The quantitative estimate of drug-likeness (QED) is 0.843. The Hall–Kier alpha value is -1.66. The number of nitrogens with zero attached hydrogens (tertiary/aromatic N) is 4. The number of rotatable bonds is 4. The maximum atomic E-state index is 13.1. The van der Waals surface area contributed by atoms with Gasteiger partial charge in [0, 0.05) is 31.9 Å². The minimum Gasteiger partial charge on any atom is -0.337 e. The van der Waals surface area contributed by atoms with E-state index in [0.717, 1.165) is 57.7 Å². The number of thiophene rings is 1. The molecule has 25 heavy (non-hydrogen) atoms. The van der Waals surface area contributed by atoms with Crippen LogP contribution in [0.2, 0.25) is 0 Å². The van der Waals surface area contributed by atoms with Crippen LogP contribution >= 0.6 is 11.3 Å². The number of aryl methyl sites for hydroxylation is 1. The molecule has 0 aromatic carbocycles. The van der Waals surface area contributed by atoms with Crippen LogP contribution in [0.5, 0.6) is 0 Å². The van der Waals surface area contributed by atoms with Gasteiger partial charge >= 0.3 is 0 Å². The van der Waals surface area contributed by atoms with Crippen molar-refractivity contribution in [1.29, 1.82) is 0 Å². The highest BCUT2D eigenvalue weighted by Crippen LogP contribution is 2.35. The second kappa shape index (κ2) is 7.30. The van der Waals surface area contributed by atoms with Gasteiger partial charge in [0.1, 0.15) is 5.82 Å². The van der Waals surface area contributed by atoms with Crippen LogP contribution in [0.4, 0.5) is 0 Å². The van der Waals surface area contributed by atoms with E-state index in [1.54, 1.807) is 11.3 Å². The van der Waals surface area contributed by atoms with E-state index in [-0.39, 0.29) is 5.92 Å². The summed E-state index contributed by atoms with van der Waals surface area (Å²) in [6, 6.07) is 2.49. The van der Waals surface area contributed by atoms with Gasteiger partial charge in [-0.1, -0.05) is 0 Å². The van der Waals surface area contributed by atoms with Crippen molar-refractivity contribution in [2.24, 2.45) is 13.0 Å². The molecular weight excluding hydrogens is 332 g/mol. The molecule has 2 aliphatic rings. The van der Waals surface area contributed by atoms with Crippen molar-refractivity contribution in [3.8, 4) is 0 Å². The number of hydrogen-bond donors (Lipinski definition) is 0. The van der Waals surface area contributed by atoms with Crippen molar-refractivity contribution >= 4 is 17.2 Å². The second-order valence-electron chi connectivity index (χ2n) is 7.25. The fourth-order valence-corrected chi connectivity index (χ4v) is 4.87. The lowest BCUT2D eigenvalue weighted by molar-refractivity contribution is -0.138. The first-order valence-corrected chi connectivity index (χ1v) is 10.2. The summed E-state index contributed by atoms with van der Waals surface area (Å²) in [6.45, 7) is 3.78. The van der Waals surface area contributed by atoms with Gasteiger partial charge < -0.3 is 9.47 Å². The molecule has 2 fully saturated rings. The van der Waals surface area contributed by atoms with Crippen molar-refractivity contribution in [3.63, 3.8) is 0 Å². The molecule has 0 N–H and O–H groups in total. The summed E-state index contributed by atoms with van der Waals surface area (Å²) in [5.41, 5.74) is 1.32. The molecule has 4 rings (SSSR count). The predicted molar refractivity (Wildman–Crippen MR) is 99.2 cm³/mol. The third-order valence-corrected chi connectivity index (χ3v) is 6.39. The van der Waals surface area contributed by atoms with Crippen molar-refractivity contribution in [3.05, 3.63) is 40.6 Å². The molecule has 6 heteroatoms. The number of amides is 1. The fraction of sp³-hybridized carbons (Fsp3) is 0.579. The van der Waals surface area contributed by atoms with E-state index in [1.165, 1.54) is 5.56 Å². The van der Waals surface area contributed by atoms with Gasteiger partial charge in [0.2, 0.25) is 5.91 Å². The molecule has 0 spiro atoms. The summed E-state index contributed by atoms with van der Waals surface area (Å²) in [6.07, 6.45) is 8.02. The molecule has 2 aromatic heterocycles. The first-order chi connectivity index (χ1) is 12.2. The van der Waals surface area contributed by atoms with Gasteiger partial charge in [0.15, 0.2) is 0 Å². The van der Waals surface area contributed by atoms with Crippen LogP contribution in [0.3, 0.4) is 0 Å². The number of imidazole rings is 1. The van der Waals surface area contributed by atoms with E-state index >= 15 is 0 Å². The van der Waals surface area contributed by atoms with Crippen LogP contribution in [-0.4, -0.2) is 44.9 Å². The van der Waals surface area contributed by atoms with E-state index < -0.39 is 0 Å². The summed E-state index contributed by atoms with van der Waals surface area (Å²) in [5, 5.41) is 4.32. The molecule has 134 valence electrons. The molecule has 0 unspecified atom stereocenters. The average molecular weight is 359 g/mol. The lowest BCUT2D eigenvalue weighted by Gasteiger charge is -2.34. The monoisotopic (exact) mass is 358 g/mol. The Kier molecular flexibility index (Phi) is 4.90. The normalized spacial score (nSPS) is 22.6. The van der Waals surface area contributed by atoms with Gasteiger partial charge in [-0.05, 0) is 61.2 Å². The first-order valence-electron chi connectivity index (χ1n) is 9.23. The van der Waals surface area contributed by atoms with Crippen LogP contribution in [-0.2, 0) is 18.4 Å². The van der Waals surface area contributed by atoms with E-state index in [0.29, 0.717) is 11.9 Å². The molecule has 1 amide bonds. The van der Waals surface area contributed by atoms with E-state index in [2.05, 4.69) is 36.2 Å². The first kappa shape index (κ1) is 16.8. The second-order valence-corrected chi connectivity index (χ2v) is 8.03. The smallest absolute Gasteiger partial charge is 0.226 e. The van der Waals surface area contributed by atoms with Gasteiger partial charge in [-0.3, -0.25) is 9.69 Å². The molecule has 0 aliphatic carbocycles. The summed E-state index contributed by atoms with van der Waals surface area (Å²) in [5.74, 6) is 1.67. The molecule has 0 radical (unpaired) electrons. The number of piperidine rings is 1. The highest BCUT2D eigenvalue weighted by Gasteiger charge is 2.35. The van der Waals surface area contributed by atoms with Crippen LogP contribution in [0.15, 0.2) is 29.2 Å².